The summed E-state index contributed by atoms with van der Waals surface area (Å²) in [5.74, 6) is -1.43. The van der Waals surface area contributed by atoms with E-state index in [1.807, 2.05) is 35.2 Å². The number of aliphatic carboxylic acids is 1. The molecule has 1 N–H and O–H groups in total. The van der Waals surface area contributed by atoms with Gasteiger partial charge in [-0.25, -0.2) is 12.7 Å². The van der Waals surface area contributed by atoms with Crippen LogP contribution >= 0.6 is 23.2 Å². The summed E-state index contributed by atoms with van der Waals surface area (Å²) in [6, 6.07) is 14.0. The van der Waals surface area contributed by atoms with Gasteiger partial charge in [-0.15, -0.1) is 0 Å². The van der Waals surface area contributed by atoms with Gasteiger partial charge in [0.05, 0.1) is 23.1 Å². The lowest BCUT2D eigenvalue weighted by molar-refractivity contribution is -0.161. The van der Waals surface area contributed by atoms with Gasteiger partial charge in [-0.1, -0.05) is 54.4 Å². The van der Waals surface area contributed by atoms with Gasteiger partial charge in [0.2, 0.25) is 15.9 Å². The average molecular weight is 594 g/mol. The number of piperidine rings is 1. The van der Waals surface area contributed by atoms with E-state index in [1.165, 1.54) is 4.31 Å². The topological polar surface area (TPSA) is 95.0 Å². The SMILES string of the molecule is CN(C[C@@H](C1CC1)N1C(=O)[C@@](C)(CC(=O)O)C[C@H](c2cccc(Cl)c2)[C@H]1c1ccc(Cl)cc1)S(=O)(=O)C1CC1. The summed E-state index contributed by atoms with van der Waals surface area (Å²) in [4.78, 5) is 28.3. The molecule has 2 aliphatic carbocycles. The normalized spacial score (nSPS) is 26.6. The van der Waals surface area contributed by atoms with Crippen LogP contribution in [0.3, 0.4) is 0 Å². The number of carboxylic acid groups (broad SMARTS) is 1. The standard InChI is InChI=1S/C29H34Cl2N2O5S/c1-29(16-26(34)35)15-24(20-4-3-5-22(31)14-20)27(19-8-10-21(30)11-9-19)33(28(29)36)25(18-6-7-18)17-32(2)39(37,38)23-12-13-23/h3-5,8-11,14,18,23-25,27H,6-7,12-13,15-17H2,1-2H3,(H,34,35)/t24-,25+,27-,29-/m1/s1. The number of likely N-dealkylation sites (tertiary alicyclic amines) is 1. The maximum absolute atomic E-state index is 14.5. The molecular formula is C29H34Cl2N2O5S. The summed E-state index contributed by atoms with van der Waals surface area (Å²) in [6.45, 7) is 1.89. The van der Waals surface area contributed by atoms with Crippen LogP contribution in [0.5, 0.6) is 0 Å². The molecule has 10 heteroatoms. The Morgan fingerprint density at radius 3 is 2.31 bits per heavy atom. The van der Waals surface area contributed by atoms with Crippen LogP contribution in [0.2, 0.25) is 10.0 Å². The van der Waals surface area contributed by atoms with Crippen molar-refractivity contribution in [3.63, 3.8) is 0 Å². The van der Waals surface area contributed by atoms with E-state index in [9.17, 15) is 23.1 Å². The first-order valence-corrected chi connectivity index (χ1v) is 15.7. The minimum atomic E-state index is -3.46. The fourth-order valence-corrected chi connectivity index (χ4v) is 8.10. The van der Waals surface area contributed by atoms with Gasteiger partial charge in [0.25, 0.3) is 0 Å². The lowest BCUT2D eigenvalue weighted by Crippen LogP contribution is -2.59. The molecule has 39 heavy (non-hydrogen) atoms. The maximum atomic E-state index is 14.5. The number of carbonyl (C=O) groups is 2. The van der Waals surface area contributed by atoms with Crippen LogP contribution in [0.1, 0.15) is 68.5 Å². The van der Waals surface area contributed by atoms with Gasteiger partial charge in [0.15, 0.2) is 0 Å². The van der Waals surface area contributed by atoms with Crippen LogP contribution in [-0.4, -0.2) is 59.5 Å². The number of halogens is 2. The van der Waals surface area contributed by atoms with Gasteiger partial charge in [-0.05, 0) is 73.4 Å². The molecular weight excluding hydrogens is 559 g/mol. The maximum Gasteiger partial charge on any atom is 0.304 e. The molecule has 210 valence electrons. The second kappa shape index (κ2) is 10.7. The number of likely N-dealkylation sites (N-methyl/N-ethyl adjacent to an activating group) is 1. The van der Waals surface area contributed by atoms with Crippen molar-refractivity contribution >= 4 is 45.1 Å². The third kappa shape index (κ3) is 5.85. The zero-order valence-electron chi connectivity index (χ0n) is 22.1. The van der Waals surface area contributed by atoms with E-state index in [2.05, 4.69) is 0 Å². The Morgan fingerprint density at radius 1 is 1.08 bits per heavy atom. The molecule has 1 heterocycles. The summed E-state index contributed by atoms with van der Waals surface area (Å²) in [6.07, 6.45) is 3.08. The molecule has 1 amide bonds. The lowest BCUT2D eigenvalue weighted by Gasteiger charge is -2.52. The first-order valence-electron chi connectivity index (χ1n) is 13.4. The van der Waals surface area contributed by atoms with Crippen molar-refractivity contribution in [2.75, 3.05) is 13.6 Å². The number of hydrogen-bond acceptors (Lipinski definition) is 4. The fraction of sp³-hybridized carbons (Fsp3) is 0.517. The van der Waals surface area contributed by atoms with Gasteiger partial charge in [-0.2, -0.15) is 0 Å². The van der Waals surface area contributed by atoms with Gasteiger partial charge in [-0.3, -0.25) is 9.59 Å². The third-order valence-electron chi connectivity index (χ3n) is 8.48. The van der Waals surface area contributed by atoms with Crippen molar-refractivity contribution < 1.29 is 23.1 Å². The number of rotatable bonds is 10. The summed E-state index contributed by atoms with van der Waals surface area (Å²) in [5.41, 5.74) is 0.599. The highest BCUT2D eigenvalue weighted by molar-refractivity contribution is 7.90. The van der Waals surface area contributed by atoms with Crippen molar-refractivity contribution in [1.29, 1.82) is 0 Å². The molecule has 2 aromatic carbocycles. The number of sulfonamides is 1. The molecule has 0 spiro atoms. The van der Waals surface area contributed by atoms with Crippen LogP contribution in [0.15, 0.2) is 48.5 Å². The van der Waals surface area contributed by atoms with E-state index in [0.717, 1.165) is 24.0 Å². The molecule has 1 saturated heterocycles. The van der Waals surface area contributed by atoms with Crippen molar-refractivity contribution in [2.24, 2.45) is 11.3 Å². The second-order valence-corrected chi connectivity index (χ2v) is 14.8. The van der Waals surface area contributed by atoms with Gasteiger partial charge in [0, 0.05) is 35.6 Å². The number of carbonyl (C=O) groups excluding carboxylic acids is 1. The molecule has 4 atom stereocenters. The van der Waals surface area contributed by atoms with Crippen LogP contribution in [0.25, 0.3) is 0 Å². The number of carboxylic acids is 1. The van der Waals surface area contributed by atoms with Gasteiger partial charge in [0.1, 0.15) is 0 Å². The summed E-state index contributed by atoms with van der Waals surface area (Å²) in [5, 5.41) is 10.6. The fourth-order valence-electron chi connectivity index (χ4n) is 6.18. The molecule has 3 aliphatic rings. The van der Waals surface area contributed by atoms with Crippen LogP contribution in [-0.2, 0) is 19.6 Å². The number of nitrogens with zero attached hydrogens (tertiary/aromatic N) is 2. The summed E-state index contributed by atoms with van der Waals surface area (Å²) < 4.78 is 27.7. The third-order valence-corrected chi connectivity index (χ3v) is 11.3. The first kappa shape index (κ1) is 28.4. The van der Waals surface area contributed by atoms with Crippen LogP contribution in [0.4, 0.5) is 0 Å². The van der Waals surface area contributed by atoms with Gasteiger partial charge >= 0.3 is 5.97 Å². The Bertz CT molecular complexity index is 1360. The number of benzene rings is 2. The van der Waals surface area contributed by atoms with E-state index in [0.29, 0.717) is 29.3 Å². The number of amides is 1. The quantitative estimate of drug-likeness (QED) is 0.380. The van der Waals surface area contributed by atoms with Crippen molar-refractivity contribution in [3.05, 3.63) is 69.7 Å². The Balaban J connectivity index is 1.65. The first-order chi connectivity index (χ1) is 18.4. The highest BCUT2D eigenvalue weighted by Gasteiger charge is 2.55. The molecule has 0 unspecified atom stereocenters. The van der Waals surface area contributed by atoms with E-state index < -0.39 is 33.5 Å². The lowest BCUT2D eigenvalue weighted by atomic mass is 9.67. The second-order valence-electron chi connectivity index (χ2n) is 11.6. The molecule has 0 aromatic heterocycles. The summed E-state index contributed by atoms with van der Waals surface area (Å²) >= 11 is 12.6. The molecule has 2 aromatic rings. The smallest absolute Gasteiger partial charge is 0.304 e. The van der Waals surface area contributed by atoms with Crippen molar-refractivity contribution in [3.8, 4) is 0 Å². The Kier molecular flexibility index (Phi) is 7.79. The van der Waals surface area contributed by atoms with Crippen LogP contribution in [0, 0.1) is 11.3 Å². The molecule has 5 rings (SSSR count). The monoisotopic (exact) mass is 592 g/mol. The zero-order valence-corrected chi connectivity index (χ0v) is 24.4. The minimum absolute atomic E-state index is 0.132. The molecule has 1 aliphatic heterocycles. The molecule has 7 nitrogen and oxygen atoms in total. The van der Waals surface area contributed by atoms with E-state index in [1.54, 1.807) is 32.2 Å². The predicted octanol–water partition coefficient (Wildman–Crippen LogP) is 5.73. The highest BCUT2D eigenvalue weighted by Crippen LogP contribution is 2.54. The Hall–Kier alpha value is -2.13. The predicted molar refractivity (Wildman–Crippen MR) is 151 cm³/mol. The molecule has 0 radical (unpaired) electrons. The molecule has 2 saturated carbocycles. The Morgan fingerprint density at radius 2 is 1.74 bits per heavy atom. The van der Waals surface area contributed by atoms with E-state index >= 15 is 0 Å². The Labute approximate surface area is 240 Å². The van der Waals surface area contributed by atoms with Crippen LogP contribution < -0.4 is 0 Å². The van der Waals surface area contributed by atoms with Crippen molar-refractivity contribution in [1.82, 2.24) is 9.21 Å². The van der Waals surface area contributed by atoms with E-state index in [4.69, 9.17) is 23.2 Å². The zero-order chi connectivity index (χ0) is 28.1. The molecule has 3 fully saturated rings. The highest BCUT2D eigenvalue weighted by atomic mass is 35.5. The summed E-state index contributed by atoms with van der Waals surface area (Å²) in [7, 11) is -1.87. The van der Waals surface area contributed by atoms with Gasteiger partial charge < -0.3 is 10.0 Å². The molecule has 0 bridgehead atoms. The van der Waals surface area contributed by atoms with Crippen molar-refractivity contribution in [2.45, 2.75) is 68.7 Å². The largest absolute Gasteiger partial charge is 0.481 e. The minimum Gasteiger partial charge on any atom is -0.481 e. The van der Waals surface area contributed by atoms with E-state index in [-0.39, 0.29) is 36.0 Å². The number of hydrogen-bond donors (Lipinski definition) is 1. The average Bonchev–Trinajstić information content (AvgIpc) is 3.77.